The molecule has 0 atom stereocenters. The number of anilines is 1. The molecule has 3 rings (SSSR count). The number of hydrogen-bond acceptors (Lipinski definition) is 2. The highest BCUT2D eigenvalue weighted by Gasteiger charge is 2.17. The van der Waals surface area contributed by atoms with E-state index in [0.717, 1.165) is 22.9 Å². The Morgan fingerprint density at radius 1 is 1.05 bits per heavy atom. The van der Waals surface area contributed by atoms with E-state index in [4.69, 9.17) is 0 Å². The lowest BCUT2D eigenvalue weighted by molar-refractivity contribution is 0.361. The Bertz CT molecular complexity index is 603. The summed E-state index contributed by atoms with van der Waals surface area (Å²) in [5.41, 5.74) is 2.91. The van der Waals surface area contributed by atoms with Crippen LogP contribution in [0.1, 0.15) is 32.6 Å². The van der Waals surface area contributed by atoms with Gasteiger partial charge < -0.3 is 5.32 Å². The van der Waals surface area contributed by atoms with Crippen molar-refractivity contribution in [3.05, 3.63) is 40.7 Å². The molecule has 1 fully saturated rings. The van der Waals surface area contributed by atoms with Crippen molar-refractivity contribution in [1.82, 2.24) is 10.2 Å². The zero-order valence-electron chi connectivity index (χ0n) is 11.8. The fraction of sp³-hybridized carbons (Fsp3) is 0.438. The zero-order valence-corrected chi connectivity index (χ0v) is 11.8. The third-order valence-electron chi connectivity index (χ3n) is 4.18. The Balaban J connectivity index is 1.66. The fourth-order valence-corrected chi connectivity index (χ4v) is 2.87. The Morgan fingerprint density at radius 3 is 2.35 bits per heavy atom. The summed E-state index contributed by atoms with van der Waals surface area (Å²) in [6.07, 6.45) is 5.16. The predicted octanol–water partition coefficient (Wildman–Crippen LogP) is 3.36. The van der Waals surface area contributed by atoms with Gasteiger partial charge in [0.25, 0.3) is 5.56 Å². The number of aromatic nitrogens is 2. The topological polar surface area (TPSA) is 60.7 Å². The molecule has 0 unspecified atom stereocenters. The Morgan fingerprint density at radius 2 is 1.75 bits per heavy atom. The van der Waals surface area contributed by atoms with Crippen LogP contribution in [0.15, 0.2) is 35.1 Å². The van der Waals surface area contributed by atoms with Crippen LogP contribution in [0.25, 0.3) is 11.3 Å². The second kappa shape index (κ2) is 5.57. The van der Waals surface area contributed by atoms with Crippen molar-refractivity contribution < 1.29 is 0 Å². The molecule has 0 aliphatic heterocycles. The van der Waals surface area contributed by atoms with Crippen LogP contribution in [-0.2, 0) is 0 Å². The molecule has 106 valence electrons. The van der Waals surface area contributed by atoms with Crippen LogP contribution in [0.5, 0.6) is 0 Å². The first-order chi connectivity index (χ1) is 9.70. The largest absolute Gasteiger partial charge is 0.382 e. The van der Waals surface area contributed by atoms with Gasteiger partial charge in [0.15, 0.2) is 0 Å². The van der Waals surface area contributed by atoms with E-state index in [1.54, 1.807) is 6.07 Å². The van der Waals surface area contributed by atoms with E-state index in [-0.39, 0.29) is 5.56 Å². The van der Waals surface area contributed by atoms with Gasteiger partial charge in [-0.2, -0.15) is 0 Å². The lowest BCUT2D eigenvalue weighted by Gasteiger charge is -2.27. The van der Waals surface area contributed by atoms with Crippen LogP contribution in [0.3, 0.4) is 0 Å². The first-order valence-corrected chi connectivity index (χ1v) is 7.35. The second-order valence-electron chi connectivity index (χ2n) is 5.85. The van der Waals surface area contributed by atoms with E-state index in [1.807, 2.05) is 12.1 Å². The second-order valence-corrected chi connectivity index (χ2v) is 5.85. The molecule has 1 aromatic carbocycles. The highest BCUT2D eigenvalue weighted by atomic mass is 16.1. The lowest BCUT2D eigenvalue weighted by Crippen LogP contribution is -2.25. The van der Waals surface area contributed by atoms with Gasteiger partial charge in [0.1, 0.15) is 0 Å². The van der Waals surface area contributed by atoms with E-state index >= 15 is 0 Å². The molecule has 20 heavy (non-hydrogen) atoms. The molecule has 0 bridgehead atoms. The zero-order chi connectivity index (χ0) is 13.9. The third-order valence-corrected chi connectivity index (χ3v) is 4.18. The summed E-state index contributed by atoms with van der Waals surface area (Å²) in [7, 11) is 0. The van der Waals surface area contributed by atoms with Gasteiger partial charge in [0.05, 0.1) is 5.69 Å². The maximum absolute atomic E-state index is 11.1. The summed E-state index contributed by atoms with van der Waals surface area (Å²) in [5, 5.41) is 9.03. The van der Waals surface area contributed by atoms with Gasteiger partial charge in [-0.1, -0.05) is 19.1 Å². The molecule has 0 spiro atoms. The van der Waals surface area contributed by atoms with Crippen molar-refractivity contribution in [3.8, 4) is 11.3 Å². The number of H-pyrrole nitrogens is 2. The molecular weight excluding hydrogens is 250 g/mol. The predicted molar refractivity (Wildman–Crippen MR) is 81.9 cm³/mol. The van der Waals surface area contributed by atoms with E-state index in [0.29, 0.717) is 6.04 Å². The smallest absolute Gasteiger partial charge is 0.264 e. The summed E-state index contributed by atoms with van der Waals surface area (Å²) in [6.45, 7) is 2.34. The number of rotatable bonds is 3. The van der Waals surface area contributed by atoms with Crippen molar-refractivity contribution in [1.29, 1.82) is 0 Å². The summed E-state index contributed by atoms with van der Waals surface area (Å²) in [4.78, 5) is 11.1. The minimum Gasteiger partial charge on any atom is -0.382 e. The standard InChI is InChI=1S/C16H21N3O/c1-11-2-6-13(7-3-11)17-14-8-4-12(5-9-14)15-10-16(20)19-18-15/h4-5,8-11,13,17H,2-3,6-7H2,1H3,(H2,18,19,20). The Labute approximate surface area is 118 Å². The van der Waals surface area contributed by atoms with Crippen LogP contribution in [0.2, 0.25) is 0 Å². The van der Waals surface area contributed by atoms with Crippen molar-refractivity contribution in [2.24, 2.45) is 5.92 Å². The van der Waals surface area contributed by atoms with Gasteiger partial charge in [-0.15, -0.1) is 0 Å². The fourth-order valence-electron chi connectivity index (χ4n) is 2.87. The molecule has 1 saturated carbocycles. The molecule has 3 N–H and O–H groups in total. The maximum atomic E-state index is 11.1. The quantitative estimate of drug-likeness (QED) is 0.801. The first-order valence-electron chi connectivity index (χ1n) is 7.35. The van der Waals surface area contributed by atoms with Gasteiger partial charge >= 0.3 is 0 Å². The molecule has 4 heteroatoms. The Hall–Kier alpha value is -1.97. The number of benzene rings is 1. The van der Waals surface area contributed by atoms with E-state index < -0.39 is 0 Å². The lowest BCUT2D eigenvalue weighted by atomic mass is 9.87. The molecule has 1 aliphatic rings. The average molecular weight is 271 g/mol. The van der Waals surface area contributed by atoms with E-state index in [1.165, 1.54) is 25.7 Å². The third kappa shape index (κ3) is 2.95. The van der Waals surface area contributed by atoms with Crippen LogP contribution in [0, 0.1) is 5.92 Å². The molecule has 2 aromatic rings. The molecule has 1 heterocycles. The summed E-state index contributed by atoms with van der Waals surface area (Å²) < 4.78 is 0. The maximum Gasteiger partial charge on any atom is 0.264 e. The normalized spacial score (nSPS) is 22.6. The van der Waals surface area contributed by atoms with Gasteiger partial charge in [-0.3, -0.25) is 15.0 Å². The summed E-state index contributed by atoms with van der Waals surface area (Å²) in [5.74, 6) is 0.876. The minimum absolute atomic E-state index is 0.0986. The minimum atomic E-state index is -0.0986. The van der Waals surface area contributed by atoms with Gasteiger partial charge in [-0.25, -0.2) is 0 Å². The summed E-state index contributed by atoms with van der Waals surface area (Å²) >= 11 is 0. The molecular formula is C16H21N3O. The number of hydrogen-bond donors (Lipinski definition) is 3. The van der Waals surface area contributed by atoms with Crippen LogP contribution in [-0.4, -0.2) is 16.2 Å². The van der Waals surface area contributed by atoms with Crippen molar-refractivity contribution >= 4 is 5.69 Å². The molecule has 1 aromatic heterocycles. The van der Waals surface area contributed by atoms with Crippen molar-refractivity contribution in [3.63, 3.8) is 0 Å². The van der Waals surface area contributed by atoms with Crippen LogP contribution < -0.4 is 10.9 Å². The van der Waals surface area contributed by atoms with Gasteiger partial charge in [0, 0.05) is 17.8 Å². The SMILES string of the molecule is CC1CCC(Nc2ccc(-c3cc(=O)[nH][nH]3)cc2)CC1. The number of aromatic amines is 2. The molecule has 0 radical (unpaired) electrons. The van der Waals surface area contributed by atoms with Crippen LogP contribution >= 0.6 is 0 Å². The highest BCUT2D eigenvalue weighted by Crippen LogP contribution is 2.26. The first kappa shape index (κ1) is 13.0. The van der Waals surface area contributed by atoms with E-state index in [9.17, 15) is 4.79 Å². The molecule has 1 aliphatic carbocycles. The Kier molecular flexibility index (Phi) is 3.63. The molecule has 0 saturated heterocycles. The van der Waals surface area contributed by atoms with Crippen molar-refractivity contribution in [2.75, 3.05) is 5.32 Å². The van der Waals surface area contributed by atoms with E-state index in [2.05, 4.69) is 34.6 Å². The molecule has 0 amide bonds. The van der Waals surface area contributed by atoms with Gasteiger partial charge in [-0.05, 0) is 49.3 Å². The highest BCUT2D eigenvalue weighted by molar-refractivity contribution is 5.62. The van der Waals surface area contributed by atoms with Crippen LogP contribution in [0.4, 0.5) is 5.69 Å². The molecule has 4 nitrogen and oxygen atoms in total. The van der Waals surface area contributed by atoms with Crippen molar-refractivity contribution in [2.45, 2.75) is 38.6 Å². The van der Waals surface area contributed by atoms with Gasteiger partial charge in [0.2, 0.25) is 0 Å². The summed E-state index contributed by atoms with van der Waals surface area (Å²) in [6, 6.07) is 10.4. The number of nitrogens with one attached hydrogen (secondary N) is 3. The monoisotopic (exact) mass is 271 g/mol. The average Bonchev–Trinajstić information content (AvgIpc) is 2.89.